The second kappa shape index (κ2) is 10.3. The molecule has 3 N–H and O–H groups in total. The van der Waals surface area contributed by atoms with E-state index in [9.17, 15) is 4.79 Å². The SMILES string of the molecule is CN=C(NCCNC(=O)OC(C)(C)C)NCc1cnn(Cc2ccccc2)c1. The Hall–Kier alpha value is -3.03. The minimum absolute atomic E-state index is 0.428. The lowest BCUT2D eigenvalue weighted by molar-refractivity contribution is 0.0529. The van der Waals surface area contributed by atoms with Crippen LogP contribution in [0.1, 0.15) is 31.9 Å². The maximum absolute atomic E-state index is 11.6. The van der Waals surface area contributed by atoms with E-state index < -0.39 is 11.7 Å². The van der Waals surface area contributed by atoms with Crippen LogP contribution < -0.4 is 16.0 Å². The highest BCUT2D eigenvalue weighted by Gasteiger charge is 2.15. The number of hydrogen-bond donors (Lipinski definition) is 3. The zero-order valence-electron chi connectivity index (χ0n) is 17.0. The van der Waals surface area contributed by atoms with Crippen LogP contribution in [0.5, 0.6) is 0 Å². The zero-order chi connectivity index (χ0) is 20.4. The quantitative estimate of drug-likeness (QED) is 0.385. The number of rotatable bonds is 7. The molecule has 0 spiro atoms. The number of amides is 1. The third kappa shape index (κ3) is 8.11. The van der Waals surface area contributed by atoms with E-state index in [0.717, 1.165) is 12.1 Å². The number of nitrogens with one attached hydrogen (secondary N) is 3. The number of carbonyl (C=O) groups is 1. The Morgan fingerprint density at radius 2 is 1.82 bits per heavy atom. The van der Waals surface area contributed by atoms with Crippen molar-refractivity contribution in [1.82, 2.24) is 25.7 Å². The fraction of sp³-hybridized carbons (Fsp3) is 0.450. The first-order valence-electron chi connectivity index (χ1n) is 9.32. The molecule has 1 amide bonds. The Morgan fingerprint density at radius 1 is 1.11 bits per heavy atom. The molecule has 0 saturated heterocycles. The predicted molar refractivity (Wildman–Crippen MR) is 110 cm³/mol. The van der Waals surface area contributed by atoms with Gasteiger partial charge in [-0.25, -0.2) is 4.79 Å². The molecule has 0 bridgehead atoms. The van der Waals surface area contributed by atoms with Crippen LogP contribution in [0.3, 0.4) is 0 Å². The Labute approximate surface area is 166 Å². The fourth-order valence-electron chi connectivity index (χ4n) is 2.42. The van der Waals surface area contributed by atoms with E-state index in [1.807, 2.05) is 56.0 Å². The molecule has 0 radical (unpaired) electrons. The number of hydrogen-bond acceptors (Lipinski definition) is 4. The Morgan fingerprint density at radius 3 is 2.50 bits per heavy atom. The Bertz CT molecular complexity index is 765. The number of ether oxygens (including phenoxy) is 1. The summed E-state index contributed by atoms with van der Waals surface area (Å²) in [6, 6.07) is 10.2. The summed E-state index contributed by atoms with van der Waals surface area (Å²) in [6.45, 7) is 7.81. The van der Waals surface area contributed by atoms with Gasteiger partial charge in [0, 0.05) is 38.4 Å². The van der Waals surface area contributed by atoms with Gasteiger partial charge < -0.3 is 20.7 Å². The van der Waals surface area contributed by atoms with Crippen molar-refractivity contribution in [2.75, 3.05) is 20.1 Å². The summed E-state index contributed by atoms with van der Waals surface area (Å²) in [5.74, 6) is 0.654. The number of alkyl carbamates (subject to hydrolysis) is 1. The van der Waals surface area contributed by atoms with Gasteiger partial charge in [0.1, 0.15) is 5.60 Å². The van der Waals surface area contributed by atoms with Crippen LogP contribution in [0.25, 0.3) is 0 Å². The normalized spacial score (nSPS) is 11.8. The van der Waals surface area contributed by atoms with Gasteiger partial charge in [-0.3, -0.25) is 9.67 Å². The molecule has 0 aliphatic rings. The third-order valence-corrected chi connectivity index (χ3v) is 3.64. The molecular weight excluding hydrogens is 356 g/mol. The predicted octanol–water partition coefficient (Wildman–Crippen LogP) is 2.12. The smallest absolute Gasteiger partial charge is 0.407 e. The van der Waals surface area contributed by atoms with Gasteiger partial charge in [0.25, 0.3) is 0 Å². The molecule has 1 heterocycles. The molecule has 0 atom stereocenters. The molecule has 8 nitrogen and oxygen atoms in total. The van der Waals surface area contributed by atoms with E-state index in [0.29, 0.717) is 25.6 Å². The van der Waals surface area contributed by atoms with E-state index in [-0.39, 0.29) is 0 Å². The van der Waals surface area contributed by atoms with Crippen molar-refractivity contribution in [3.63, 3.8) is 0 Å². The zero-order valence-corrected chi connectivity index (χ0v) is 17.0. The van der Waals surface area contributed by atoms with Gasteiger partial charge in [-0.1, -0.05) is 30.3 Å². The van der Waals surface area contributed by atoms with Crippen molar-refractivity contribution in [2.45, 2.75) is 39.5 Å². The summed E-state index contributed by atoms with van der Waals surface area (Å²) in [4.78, 5) is 15.8. The largest absolute Gasteiger partial charge is 0.444 e. The highest BCUT2D eigenvalue weighted by Crippen LogP contribution is 2.06. The van der Waals surface area contributed by atoms with Gasteiger partial charge in [0.15, 0.2) is 5.96 Å². The molecule has 1 aromatic carbocycles. The van der Waals surface area contributed by atoms with E-state index in [1.54, 1.807) is 7.05 Å². The second-order valence-corrected chi connectivity index (χ2v) is 7.31. The average Bonchev–Trinajstić information content (AvgIpc) is 3.08. The highest BCUT2D eigenvalue weighted by atomic mass is 16.6. The van der Waals surface area contributed by atoms with E-state index >= 15 is 0 Å². The third-order valence-electron chi connectivity index (χ3n) is 3.64. The summed E-state index contributed by atoms with van der Waals surface area (Å²) < 4.78 is 7.10. The number of nitrogens with zero attached hydrogens (tertiary/aromatic N) is 3. The molecule has 0 aliphatic heterocycles. The van der Waals surface area contributed by atoms with Gasteiger partial charge in [-0.2, -0.15) is 5.10 Å². The molecule has 2 rings (SSSR count). The van der Waals surface area contributed by atoms with Gasteiger partial charge in [0.2, 0.25) is 0 Å². The maximum Gasteiger partial charge on any atom is 0.407 e. The molecular formula is C20H30N6O2. The number of guanidine groups is 1. The fourth-order valence-corrected chi connectivity index (χ4v) is 2.42. The van der Waals surface area contributed by atoms with Crippen LogP contribution in [0.15, 0.2) is 47.7 Å². The van der Waals surface area contributed by atoms with Crippen LogP contribution in [0, 0.1) is 0 Å². The van der Waals surface area contributed by atoms with Gasteiger partial charge >= 0.3 is 6.09 Å². The minimum atomic E-state index is -0.500. The van der Waals surface area contributed by atoms with E-state index in [4.69, 9.17) is 4.74 Å². The highest BCUT2D eigenvalue weighted by molar-refractivity contribution is 5.79. The second-order valence-electron chi connectivity index (χ2n) is 7.31. The number of aromatic nitrogens is 2. The van der Waals surface area contributed by atoms with Crippen LogP contribution in [-0.4, -0.2) is 47.6 Å². The molecule has 152 valence electrons. The number of benzene rings is 1. The van der Waals surface area contributed by atoms with Crippen molar-refractivity contribution in [3.05, 3.63) is 53.9 Å². The maximum atomic E-state index is 11.6. The molecule has 0 fully saturated rings. The number of carbonyl (C=O) groups excluding carboxylic acids is 1. The van der Waals surface area contributed by atoms with Crippen LogP contribution in [-0.2, 0) is 17.8 Å². The lowest BCUT2D eigenvalue weighted by atomic mass is 10.2. The first kappa shape index (κ1) is 21.3. The molecule has 0 aliphatic carbocycles. The van der Waals surface area contributed by atoms with Crippen molar-refractivity contribution in [3.8, 4) is 0 Å². The average molecular weight is 387 g/mol. The van der Waals surface area contributed by atoms with Crippen molar-refractivity contribution in [1.29, 1.82) is 0 Å². The summed E-state index contributed by atoms with van der Waals surface area (Å²) in [5, 5.41) is 13.5. The first-order valence-corrected chi connectivity index (χ1v) is 9.32. The van der Waals surface area contributed by atoms with Gasteiger partial charge in [0.05, 0.1) is 12.7 Å². The lowest BCUT2D eigenvalue weighted by Gasteiger charge is -2.19. The standard InChI is InChI=1S/C20H30N6O2/c1-20(2,3)28-19(27)23-11-10-22-18(21-4)24-12-17-13-25-26(15-17)14-16-8-6-5-7-9-16/h5-9,13,15H,10-12,14H2,1-4H3,(H,23,27)(H2,21,22,24). The Kier molecular flexibility index (Phi) is 7.86. The molecule has 28 heavy (non-hydrogen) atoms. The monoisotopic (exact) mass is 386 g/mol. The summed E-state index contributed by atoms with van der Waals surface area (Å²) in [7, 11) is 1.70. The molecule has 1 aromatic heterocycles. The van der Waals surface area contributed by atoms with Crippen molar-refractivity contribution in [2.24, 2.45) is 4.99 Å². The summed E-state index contributed by atoms with van der Waals surface area (Å²) >= 11 is 0. The molecule has 0 unspecified atom stereocenters. The van der Waals surface area contributed by atoms with Gasteiger partial charge in [-0.15, -0.1) is 0 Å². The van der Waals surface area contributed by atoms with E-state index in [1.165, 1.54) is 5.56 Å². The van der Waals surface area contributed by atoms with Crippen molar-refractivity contribution >= 4 is 12.1 Å². The summed E-state index contributed by atoms with van der Waals surface area (Å²) in [6.07, 6.45) is 3.42. The first-order chi connectivity index (χ1) is 13.4. The molecule has 0 saturated carbocycles. The van der Waals surface area contributed by atoms with Gasteiger partial charge in [-0.05, 0) is 26.3 Å². The minimum Gasteiger partial charge on any atom is -0.444 e. The van der Waals surface area contributed by atoms with Crippen LogP contribution >= 0.6 is 0 Å². The number of aliphatic imine (C=N–C) groups is 1. The topological polar surface area (TPSA) is 92.6 Å². The van der Waals surface area contributed by atoms with Crippen LogP contribution in [0.2, 0.25) is 0 Å². The van der Waals surface area contributed by atoms with Crippen molar-refractivity contribution < 1.29 is 9.53 Å². The summed E-state index contributed by atoms with van der Waals surface area (Å²) in [5.41, 5.74) is 1.77. The van der Waals surface area contributed by atoms with E-state index in [2.05, 4.69) is 38.2 Å². The lowest BCUT2D eigenvalue weighted by Crippen LogP contribution is -2.42. The Balaban J connectivity index is 1.69. The van der Waals surface area contributed by atoms with Crippen LogP contribution in [0.4, 0.5) is 4.79 Å². The molecule has 8 heteroatoms. The molecule has 2 aromatic rings.